The molecule has 0 aliphatic carbocycles. The van der Waals surface area contributed by atoms with Gasteiger partial charge in [-0.2, -0.15) is 0 Å². The third-order valence-electron chi connectivity index (χ3n) is 3.33. The lowest BCUT2D eigenvalue weighted by Crippen LogP contribution is -2.31. The van der Waals surface area contributed by atoms with E-state index in [0.29, 0.717) is 5.46 Å². The summed E-state index contributed by atoms with van der Waals surface area (Å²) in [5.74, 6) is -0.0620. The molecule has 0 saturated carbocycles. The van der Waals surface area contributed by atoms with Gasteiger partial charge in [0.2, 0.25) is 5.91 Å². The highest BCUT2D eigenvalue weighted by atomic mass is 16.6. The summed E-state index contributed by atoms with van der Waals surface area (Å²) < 4.78 is 0. The van der Waals surface area contributed by atoms with E-state index in [9.17, 15) is 4.79 Å². The average Bonchev–Trinajstić information content (AvgIpc) is 2.47. The summed E-state index contributed by atoms with van der Waals surface area (Å²) in [7, 11) is -1.47. The molecule has 0 atom stereocenters. The van der Waals surface area contributed by atoms with Crippen molar-refractivity contribution in [1.82, 2.24) is 5.48 Å². The first-order valence-corrected chi connectivity index (χ1v) is 7.45. The zero-order chi connectivity index (χ0) is 15.7. The molecular formula is C15H24BNO4. The number of amides is 1. The van der Waals surface area contributed by atoms with E-state index in [1.54, 1.807) is 24.3 Å². The van der Waals surface area contributed by atoms with Crippen LogP contribution < -0.4 is 10.9 Å². The fourth-order valence-corrected chi connectivity index (χ4v) is 2.16. The van der Waals surface area contributed by atoms with Crippen molar-refractivity contribution in [2.24, 2.45) is 5.92 Å². The Morgan fingerprint density at radius 1 is 1.19 bits per heavy atom. The van der Waals surface area contributed by atoms with E-state index in [0.717, 1.165) is 31.2 Å². The van der Waals surface area contributed by atoms with Crippen molar-refractivity contribution in [2.45, 2.75) is 46.1 Å². The van der Waals surface area contributed by atoms with Gasteiger partial charge in [-0.25, -0.2) is 5.48 Å². The summed E-state index contributed by atoms with van der Waals surface area (Å²) in [5, 5.41) is 18.0. The Bertz CT molecular complexity index is 416. The fraction of sp³-hybridized carbons (Fsp3) is 0.533. The highest BCUT2D eigenvalue weighted by Gasteiger charge is 2.16. The maximum atomic E-state index is 12.0. The van der Waals surface area contributed by atoms with Crippen LogP contribution in [-0.2, 0) is 16.2 Å². The Balaban J connectivity index is 2.39. The Kier molecular flexibility index (Phi) is 8.04. The SMILES string of the molecule is CCCC(CCC)C(=O)NOCc1ccc(B(O)O)cc1. The molecule has 0 unspecified atom stereocenters. The van der Waals surface area contributed by atoms with Crippen molar-refractivity contribution < 1.29 is 19.7 Å². The highest BCUT2D eigenvalue weighted by Crippen LogP contribution is 2.13. The molecule has 0 aliphatic heterocycles. The summed E-state index contributed by atoms with van der Waals surface area (Å²) in [4.78, 5) is 17.2. The second-order valence-corrected chi connectivity index (χ2v) is 5.14. The minimum absolute atomic E-state index is 0.00640. The number of nitrogens with one attached hydrogen (secondary N) is 1. The standard InChI is InChI=1S/C15H24BNO4/c1-3-5-13(6-4-2)15(18)17-21-11-12-7-9-14(10-8-12)16(19)20/h7-10,13,19-20H,3-6,11H2,1-2H3,(H,17,18). The Morgan fingerprint density at radius 2 is 1.76 bits per heavy atom. The molecule has 1 rings (SSSR count). The van der Waals surface area contributed by atoms with Crippen LogP contribution in [0.1, 0.15) is 45.1 Å². The maximum absolute atomic E-state index is 12.0. The lowest BCUT2D eigenvalue weighted by molar-refractivity contribution is -0.139. The monoisotopic (exact) mass is 293 g/mol. The number of hydrogen-bond donors (Lipinski definition) is 3. The van der Waals surface area contributed by atoms with Gasteiger partial charge in [0, 0.05) is 5.92 Å². The molecule has 1 amide bonds. The number of carbonyl (C=O) groups excluding carboxylic acids is 1. The number of hydrogen-bond acceptors (Lipinski definition) is 4. The smallest absolute Gasteiger partial charge is 0.423 e. The van der Waals surface area contributed by atoms with Crippen molar-refractivity contribution in [3.05, 3.63) is 29.8 Å². The molecule has 3 N–H and O–H groups in total. The summed E-state index contributed by atoms with van der Waals surface area (Å²) in [6.07, 6.45) is 3.68. The Morgan fingerprint density at radius 3 is 2.24 bits per heavy atom. The average molecular weight is 293 g/mol. The van der Waals surface area contributed by atoms with Gasteiger partial charge < -0.3 is 10.0 Å². The van der Waals surface area contributed by atoms with Crippen molar-refractivity contribution in [3.8, 4) is 0 Å². The molecular weight excluding hydrogens is 269 g/mol. The van der Waals surface area contributed by atoms with Gasteiger partial charge in [-0.15, -0.1) is 0 Å². The highest BCUT2D eigenvalue weighted by molar-refractivity contribution is 6.58. The molecule has 0 radical (unpaired) electrons. The molecule has 0 heterocycles. The molecule has 5 nitrogen and oxygen atoms in total. The largest absolute Gasteiger partial charge is 0.488 e. The fourth-order valence-electron chi connectivity index (χ4n) is 2.16. The van der Waals surface area contributed by atoms with Crippen LogP contribution in [0.2, 0.25) is 0 Å². The zero-order valence-corrected chi connectivity index (χ0v) is 12.7. The van der Waals surface area contributed by atoms with E-state index in [1.165, 1.54) is 0 Å². The predicted molar refractivity (Wildman–Crippen MR) is 82.5 cm³/mol. The van der Waals surface area contributed by atoms with E-state index in [1.807, 2.05) is 0 Å². The van der Waals surface area contributed by atoms with Gasteiger partial charge in [-0.3, -0.25) is 9.63 Å². The molecule has 0 spiro atoms. The van der Waals surface area contributed by atoms with E-state index in [-0.39, 0.29) is 18.4 Å². The Labute approximate surface area is 126 Å². The number of benzene rings is 1. The molecule has 6 heteroatoms. The van der Waals surface area contributed by atoms with Gasteiger partial charge >= 0.3 is 7.12 Å². The maximum Gasteiger partial charge on any atom is 0.488 e. The molecule has 0 aliphatic rings. The lowest BCUT2D eigenvalue weighted by atomic mass is 9.80. The molecule has 1 aromatic rings. The predicted octanol–water partition coefficient (Wildman–Crippen LogP) is 1.13. The van der Waals surface area contributed by atoms with Crippen LogP contribution in [-0.4, -0.2) is 23.1 Å². The minimum Gasteiger partial charge on any atom is -0.423 e. The molecule has 0 aromatic heterocycles. The van der Waals surface area contributed by atoms with Crippen LogP contribution >= 0.6 is 0 Å². The molecule has 116 valence electrons. The quantitative estimate of drug-likeness (QED) is 0.471. The molecule has 21 heavy (non-hydrogen) atoms. The lowest BCUT2D eigenvalue weighted by Gasteiger charge is -2.15. The first-order chi connectivity index (χ1) is 10.1. The van der Waals surface area contributed by atoms with E-state index >= 15 is 0 Å². The number of carbonyl (C=O) groups is 1. The third kappa shape index (κ3) is 6.29. The van der Waals surface area contributed by atoms with Gasteiger partial charge in [-0.1, -0.05) is 51.0 Å². The van der Waals surface area contributed by atoms with Crippen LogP contribution in [0.5, 0.6) is 0 Å². The minimum atomic E-state index is -1.47. The van der Waals surface area contributed by atoms with Crippen molar-refractivity contribution in [2.75, 3.05) is 0 Å². The van der Waals surface area contributed by atoms with Crippen molar-refractivity contribution in [1.29, 1.82) is 0 Å². The topological polar surface area (TPSA) is 78.8 Å². The van der Waals surface area contributed by atoms with Gasteiger partial charge in [0.1, 0.15) is 0 Å². The van der Waals surface area contributed by atoms with E-state index < -0.39 is 7.12 Å². The second-order valence-electron chi connectivity index (χ2n) is 5.14. The summed E-state index contributed by atoms with van der Waals surface area (Å²) in [6, 6.07) is 6.69. The summed E-state index contributed by atoms with van der Waals surface area (Å²) in [5.41, 5.74) is 3.77. The van der Waals surface area contributed by atoms with E-state index in [4.69, 9.17) is 14.9 Å². The summed E-state index contributed by atoms with van der Waals surface area (Å²) in [6.45, 7) is 4.38. The van der Waals surface area contributed by atoms with Crippen LogP contribution in [0.15, 0.2) is 24.3 Å². The first-order valence-electron chi connectivity index (χ1n) is 7.45. The zero-order valence-electron chi connectivity index (χ0n) is 12.7. The van der Waals surface area contributed by atoms with E-state index in [2.05, 4.69) is 19.3 Å². The molecule has 0 fully saturated rings. The van der Waals surface area contributed by atoms with Crippen LogP contribution in [0, 0.1) is 5.92 Å². The number of rotatable bonds is 9. The van der Waals surface area contributed by atoms with Gasteiger partial charge in [0.25, 0.3) is 0 Å². The summed E-state index contributed by atoms with van der Waals surface area (Å²) >= 11 is 0. The second kappa shape index (κ2) is 9.55. The van der Waals surface area contributed by atoms with Gasteiger partial charge in [0.05, 0.1) is 6.61 Å². The number of hydroxylamine groups is 1. The first kappa shape index (κ1) is 17.7. The van der Waals surface area contributed by atoms with Crippen molar-refractivity contribution >= 4 is 18.5 Å². The third-order valence-corrected chi connectivity index (χ3v) is 3.33. The van der Waals surface area contributed by atoms with Gasteiger partial charge in [-0.05, 0) is 23.9 Å². The molecule has 0 bridgehead atoms. The van der Waals surface area contributed by atoms with Crippen LogP contribution in [0.3, 0.4) is 0 Å². The Hall–Kier alpha value is -1.37. The molecule has 1 aromatic carbocycles. The van der Waals surface area contributed by atoms with Gasteiger partial charge in [0.15, 0.2) is 0 Å². The van der Waals surface area contributed by atoms with Crippen LogP contribution in [0.4, 0.5) is 0 Å². The normalized spacial score (nSPS) is 10.7. The molecule has 0 saturated heterocycles. The van der Waals surface area contributed by atoms with Crippen LogP contribution in [0.25, 0.3) is 0 Å². The van der Waals surface area contributed by atoms with Crippen molar-refractivity contribution in [3.63, 3.8) is 0 Å².